The minimum Gasteiger partial charge on any atom is -0.326 e. The van der Waals surface area contributed by atoms with Crippen LogP contribution in [-0.2, 0) is 11.2 Å². The molecule has 2 nitrogen and oxygen atoms in total. The number of rotatable bonds is 4. The molecule has 0 heterocycles. The Morgan fingerprint density at radius 1 is 1.00 bits per heavy atom. The van der Waals surface area contributed by atoms with Gasteiger partial charge in [0, 0.05) is 16.6 Å². The molecule has 3 heteroatoms. The molecule has 0 aliphatic heterocycles. The number of carbonyl (C=O) groups is 1. The van der Waals surface area contributed by atoms with Crippen LogP contribution in [0.4, 0.5) is 5.69 Å². The van der Waals surface area contributed by atoms with E-state index < -0.39 is 0 Å². The molecule has 0 aliphatic rings. The van der Waals surface area contributed by atoms with Gasteiger partial charge in [0.05, 0.1) is 0 Å². The predicted molar refractivity (Wildman–Crippen MR) is 77.5 cm³/mol. The zero-order chi connectivity index (χ0) is 12.8. The molecule has 0 atom stereocenters. The quantitative estimate of drug-likeness (QED) is 0.908. The monoisotopic (exact) mass is 303 g/mol. The Labute approximate surface area is 115 Å². The second kappa shape index (κ2) is 6.36. The first-order chi connectivity index (χ1) is 8.74. The summed E-state index contributed by atoms with van der Waals surface area (Å²) in [6.07, 6.45) is 1.25. The first-order valence-electron chi connectivity index (χ1n) is 5.83. The van der Waals surface area contributed by atoms with E-state index in [2.05, 4.69) is 21.2 Å². The molecule has 0 aliphatic carbocycles. The lowest BCUT2D eigenvalue weighted by molar-refractivity contribution is -0.116. The number of para-hydroxylation sites is 1. The third-order valence-electron chi connectivity index (χ3n) is 2.61. The van der Waals surface area contributed by atoms with E-state index in [1.807, 2.05) is 54.6 Å². The molecule has 2 rings (SSSR count). The van der Waals surface area contributed by atoms with E-state index >= 15 is 0 Å². The standard InChI is InChI=1S/C15H14BrNO/c16-13-9-6-12(7-10-13)8-11-15(18)17-14-4-2-1-3-5-14/h1-7,9-10H,8,11H2,(H,17,18). The summed E-state index contributed by atoms with van der Waals surface area (Å²) in [7, 11) is 0. The van der Waals surface area contributed by atoms with Gasteiger partial charge in [0.1, 0.15) is 0 Å². The van der Waals surface area contributed by atoms with Crippen LogP contribution in [0.25, 0.3) is 0 Å². The lowest BCUT2D eigenvalue weighted by Crippen LogP contribution is -2.12. The first kappa shape index (κ1) is 12.8. The zero-order valence-corrected chi connectivity index (χ0v) is 11.5. The van der Waals surface area contributed by atoms with Crippen LogP contribution in [0.1, 0.15) is 12.0 Å². The molecule has 2 aromatic carbocycles. The van der Waals surface area contributed by atoms with Gasteiger partial charge in [0.2, 0.25) is 5.91 Å². The van der Waals surface area contributed by atoms with Crippen LogP contribution >= 0.6 is 15.9 Å². The summed E-state index contributed by atoms with van der Waals surface area (Å²) in [6.45, 7) is 0. The Morgan fingerprint density at radius 2 is 1.67 bits per heavy atom. The van der Waals surface area contributed by atoms with Crippen molar-refractivity contribution in [2.75, 3.05) is 5.32 Å². The maximum atomic E-state index is 11.7. The number of anilines is 1. The van der Waals surface area contributed by atoms with Gasteiger partial charge >= 0.3 is 0 Å². The molecule has 2 aromatic rings. The molecule has 1 N–H and O–H groups in total. The summed E-state index contributed by atoms with van der Waals surface area (Å²) in [5.74, 6) is 0.0455. The van der Waals surface area contributed by atoms with E-state index in [9.17, 15) is 4.79 Å². The first-order valence-corrected chi connectivity index (χ1v) is 6.63. The van der Waals surface area contributed by atoms with Crippen LogP contribution in [0.3, 0.4) is 0 Å². The highest BCUT2D eigenvalue weighted by atomic mass is 79.9. The van der Waals surface area contributed by atoms with Crippen molar-refractivity contribution < 1.29 is 4.79 Å². The molecular formula is C15H14BrNO. The second-order valence-electron chi connectivity index (χ2n) is 4.04. The largest absolute Gasteiger partial charge is 0.326 e. The molecule has 0 fully saturated rings. The summed E-state index contributed by atoms with van der Waals surface area (Å²) < 4.78 is 1.06. The van der Waals surface area contributed by atoms with Crippen LogP contribution in [0.5, 0.6) is 0 Å². The Morgan fingerprint density at radius 3 is 2.33 bits per heavy atom. The average Bonchev–Trinajstić information content (AvgIpc) is 2.39. The maximum Gasteiger partial charge on any atom is 0.224 e. The highest BCUT2D eigenvalue weighted by Crippen LogP contribution is 2.12. The SMILES string of the molecule is O=C(CCc1ccc(Br)cc1)Nc1ccccc1. The van der Waals surface area contributed by atoms with Crippen molar-refractivity contribution >= 4 is 27.5 Å². The molecule has 18 heavy (non-hydrogen) atoms. The minimum atomic E-state index is 0.0455. The van der Waals surface area contributed by atoms with E-state index in [0.29, 0.717) is 6.42 Å². The lowest BCUT2D eigenvalue weighted by Gasteiger charge is -2.05. The topological polar surface area (TPSA) is 29.1 Å². The Bertz CT molecular complexity index is 508. The molecule has 0 unspecified atom stereocenters. The van der Waals surface area contributed by atoms with Gasteiger partial charge in [-0.2, -0.15) is 0 Å². The number of aryl methyl sites for hydroxylation is 1. The number of hydrogen-bond acceptors (Lipinski definition) is 1. The van der Waals surface area contributed by atoms with Crippen molar-refractivity contribution in [2.45, 2.75) is 12.8 Å². The molecule has 0 saturated carbocycles. The van der Waals surface area contributed by atoms with Crippen molar-refractivity contribution in [2.24, 2.45) is 0 Å². The molecule has 0 bridgehead atoms. The summed E-state index contributed by atoms with van der Waals surface area (Å²) >= 11 is 3.39. The van der Waals surface area contributed by atoms with Gasteiger partial charge in [-0.3, -0.25) is 4.79 Å². The summed E-state index contributed by atoms with van der Waals surface area (Å²) in [4.78, 5) is 11.7. The molecule has 0 radical (unpaired) electrons. The highest BCUT2D eigenvalue weighted by Gasteiger charge is 2.02. The van der Waals surface area contributed by atoms with Crippen LogP contribution in [0.2, 0.25) is 0 Å². The van der Waals surface area contributed by atoms with E-state index in [4.69, 9.17) is 0 Å². The van der Waals surface area contributed by atoms with Crippen molar-refractivity contribution in [3.63, 3.8) is 0 Å². The molecule has 0 saturated heterocycles. The molecule has 92 valence electrons. The minimum absolute atomic E-state index is 0.0455. The number of amides is 1. The highest BCUT2D eigenvalue weighted by molar-refractivity contribution is 9.10. The van der Waals surface area contributed by atoms with E-state index in [-0.39, 0.29) is 5.91 Å². The molecule has 1 amide bonds. The number of carbonyl (C=O) groups excluding carboxylic acids is 1. The predicted octanol–water partition coefficient (Wildman–Crippen LogP) is 4.02. The number of hydrogen-bond donors (Lipinski definition) is 1. The van der Waals surface area contributed by atoms with Gasteiger partial charge < -0.3 is 5.32 Å². The van der Waals surface area contributed by atoms with Crippen LogP contribution < -0.4 is 5.32 Å². The van der Waals surface area contributed by atoms with Crippen LogP contribution in [0.15, 0.2) is 59.1 Å². The Hall–Kier alpha value is -1.61. The van der Waals surface area contributed by atoms with Gasteiger partial charge in [0.25, 0.3) is 0 Å². The molecule has 0 spiro atoms. The number of benzene rings is 2. The van der Waals surface area contributed by atoms with Gasteiger partial charge in [-0.1, -0.05) is 46.3 Å². The number of nitrogens with one attached hydrogen (secondary N) is 1. The van der Waals surface area contributed by atoms with Crippen LogP contribution in [-0.4, -0.2) is 5.91 Å². The van der Waals surface area contributed by atoms with Gasteiger partial charge in [0.15, 0.2) is 0 Å². The molecular weight excluding hydrogens is 290 g/mol. The second-order valence-corrected chi connectivity index (χ2v) is 4.96. The Balaban J connectivity index is 1.83. The third-order valence-corrected chi connectivity index (χ3v) is 3.14. The van der Waals surface area contributed by atoms with E-state index in [1.54, 1.807) is 0 Å². The van der Waals surface area contributed by atoms with Crippen molar-refractivity contribution in [3.05, 3.63) is 64.6 Å². The average molecular weight is 304 g/mol. The number of halogens is 1. The van der Waals surface area contributed by atoms with E-state index in [1.165, 1.54) is 5.56 Å². The van der Waals surface area contributed by atoms with Crippen molar-refractivity contribution in [3.8, 4) is 0 Å². The summed E-state index contributed by atoms with van der Waals surface area (Å²) in [5, 5.41) is 2.88. The van der Waals surface area contributed by atoms with E-state index in [0.717, 1.165) is 16.6 Å². The fraction of sp³-hybridized carbons (Fsp3) is 0.133. The van der Waals surface area contributed by atoms with Crippen LogP contribution in [0, 0.1) is 0 Å². The summed E-state index contributed by atoms with van der Waals surface area (Å²) in [6, 6.07) is 17.6. The third kappa shape index (κ3) is 4.00. The smallest absolute Gasteiger partial charge is 0.224 e. The maximum absolute atomic E-state index is 11.7. The zero-order valence-electron chi connectivity index (χ0n) is 9.90. The fourth-order valence-electron chi connectivity index (χ4n) is 1.65. The van der Waals surface area contributed by atoms with Gasteiger partial charge in [-0.15, -0.1) is 0 Å². The van der Waals surface area contributed by atoms with Gasteiger partial charge in [-0.25, -0.2) is 0 Å². The van der Waals surface area contributed by atoms with Crippen molar-refractivity contribution in [1.29, 1.82) is 0 Å². The Kier molecular flexibility index (Phi) is 4.53. The van der Waals surface area contributed by atoms with Gasteiger partial charge in [-0.05, 0) is 36.2 Å². The summed E-state index contributed by atoms with van der Waals surface area (Å²) in [5.41, 5.74) is 2.01. The van der Waals surface area contributed by atoms with Crippen molar-refractivity contribution in [1.82, 2.24) is 0 Å². The normalized spacial score (nSPS) is 10.1. The molecule has 0 aromatic heterocycles. The fourth-order valence-corrected chi connectivity index (χ4v) is 1.92. The lowest BCUT2D eigenvalue weighted by atomic mass is 10.1.